The van der Waals surface area contributed by atoms with Crippen molar-refractivity contribution in [2.75, 3.05) is 0 Å². The molecule has 0 fully saturated rings. The second-order valence-electron chi connectivity index (χ2n) is 5.22. The molecule has 3 aromatic rings. The van der Waals surface area contributed by atoms with Gasteiger partial charge >= 0.3 is 0 Å². The van der Waals surface area contributed by atoms with Crippen LogP contribution in [0, 0.1) is 0 Å². The lowest BCUT2D eigenvalue weighted by Crippen LogP contribution is -1.83. The van der Waals surface area contributed by atoms with E-state index in [1.165, 1.54) is 33.4 Å². The molecule has 0 aromatic heterocycles. The summed E-state index contributed by atoms with van der Waals surface area (Å²) in [4.78, 5) is 0. The van der Waals surface area contributed by atoms with Crippen LogP contribution in [-0.2, 0) is 6.42 Å². The molecule has 0 atom stereocenters. The molecule has 0 amide bonds. The normalized spacial score (nSPS) is 12.1. The van der Waals surface area contributed by atoms with Gasteiger partial charge in [0.1, 0.15) is 0 Å². The van der Waals surface area contributed by atoms with E-state index in [1.54, 1.807) is 0 Å². The van der Waals surface area contributed by atoms with Gasteiger partial charge < -0.3 is 0 Å². The van der Waals surface area contributed by atoms with Gasteiger partial charge in [0.25, 0.3) is 0 Å². The molecule has 0 heterocycles. The largest absolute Gasteiger partial charge is 0.0619 e. The Hall–Kier alpha value is -1.86. The average molecular weight is 321 g/mol. The molecule has 1 aliphatic rings. The van der Waals surface area contributed by atoms with Crippen molar-refractivity contribution < 1.29 is 0 Å². The third kappa shape index (κ3) is 1.90. The van der Waals surface area contributed by atoms with Gasteiger partial charge in [-0.05, 0) is 51.9 Å². The summed E-state index contributed by atoms with van der Waals surface area (Å²) in [5.41, 5.74) is 8.20. The molecule has 0 nitrogen and oxygen atoms in total. The van der Waals surface area contributed by atoms with Gasteiger partial charge in [-0.3, -0.25) is 0 Å². The summed E-state index contributed by atoms with van der Waals surface area (Å²) in [7, 11) is 0. The minimum Gasteiger partial charge on any atom is -0.0619 e. The first-order valence-corrected chi connectivity index (χ1v) is 7.58. The summed E-state index contributed by atoms with van der Waals surface area (Å²) < 4.78 is 1.12. The van der Waals surface area contributed by atoms with E-state index >= 15 is 0 Å². The third-order valence-electron chi connectivity index (χ3n) is 3.95. The highest BCUT2D eigenvalue weighted by molar-refractivity contribution is 9.10. The van der Waals surface area contributed by atoms with E-state index in [1.807, 2.05) is 0 Å². The molecule has 0 spiro atoms. The molecule has 0 aliphatic heterocycles. The fourth-order valence-corrected chi connectivity index (χ4v) is 3.39. The Kier molecular flexibility index (Phi) is 2.75. The molecule has 3 aromatic carbocycles. The van der Waals surface area contributed by atoms with Crippen LogP contribution in [-0.4, -0.2) is 0 Å². The monoisotopic (exact) mass is 320 g/mol. The summed E-state index contributed by atoms with van der Waals surface area (Å²) in [5.74, 6) is 0. The molecule has 0 N–H and O–H groups in total. The van der Waals surface area contributed by atoms with Crippen molar-refractivity contribution >= 4 is 15.9 Å². The Morgan fingerprint density at radius 3 is 2.35 bits per heavy atom. The van der Waals surface area contributed by atoms with Crippen LogP contribution in [0.25, 0.3) is 22.3 Å². The van der Waals surface area contributed by atoms with Gasteiger partial charge in [-0.15, -0.1) is 0 Å². The van der Waals surface area contributed by atoms with Crippen LogP contribution in [0.4, 0.5) is 0 Å². The summed E-state index contributed by atoms with van der Waals surface area (Å²) in [5, 5.41) is 0. The van der Waals surface area contributed by atoms with E-state index in [-0.39, 0.29) is 0 Å². The molecule has 0 bridgehead atoms. The quantitative estimate of drug-likeness (QED) is 0.423. The van der Waals surface area contributed by atoms with Gasteiger partial charge in [-0.2, -0.15) is 0 Å². The maximum absolute atomic E-state index is 3.55. The SMILES string of the molecule is Brc1cccc(-c2ccc3c(c2)Cc2ccccc2-3)c1. The standard InChI is InChI=1S/C19H13Br/c20-17-6-3-5-13(12-17)14-8-9-19-16(10-14)11-15-4-1-2-7-18(15)19/h1-10,12H,11H2. The zero-order valence-electron chi connectivity index (χ0n) is 10.9. The van der Waals surface area contributed by atoms with E-state index < -0.39 is 0 Å². The molecule has 1 aliphatic carbocycles. The minimum absolute atomic E-state index is 1.05. The number of hydrogen-bond acceptors (Lipinski definition) is 0. The van der Waals surface area contributed by atoms with E-state index in [0.29, 0.717) is 0 Å². The number of benzene rings is 3. The van der Waals surface area contributed by atoms with Crippen molar-refractivity contribution in [1.82, 2.24) is 0 Å². The number of rotatable bonds is 1. The predicted octanol–water partition coefficient (Wildman–Crippen LogP) is 5.69. The maximum atomic E-state index is 3.55. The lowest BCUT2D eigenvalue weighted by molar-refractivity contribution is 1.26. The highest BCUT2D eigenvalue weighted by atomic mass is 79.9. The zero-order chi connectivity index (χ0) is 13.5. The van der Waals surface area contributed by atoms with Crippen LogP contribution in [0.5, 0.6) is 0 Å². The molecule has 4 rings (SSSR count). The Bertz CT molecular complexity index is 802. The van der Waals surface area contributed by atoms with Crippen molar-refractivity contribution in [3.8, 4) is 22.3 Å². The van der Waals surface area contributed by atoms with Crippen molar-refractivity contribution in [3.05, 3.63) is 82.3 Å². The Morgan fingerprint density at radius 2 is 1.45 bits per heavy atom. The van der Waals surface area contributed by atoms with Crippen molar-refractivity contribution in [1.29, 1.82) is 0 Å². The van der Waals surface area contributed by atoms with Crippen molar-refractivity contribution in [3.63, 3.8) is 0 Å². The molecule has 0 radical (unpaired) electrons. The van der Waals surface area contributed by atoms with Gasteiger partial charge in [-0.25, -0.2) is 0 Å². The van der Waals surface area contributed by atoms with Gasteiger partial charge in [0.15, 0.2) is 0 Å². The van der Waals surface area contributed by atoms with Gasteiger partial charge in [0.05, 0.1) is 0 Å². The average Bonchev–Trinajstić information content (AvgIpc) is 2.85. The zero-order valence-corrected chi connectivity index (χ0v) is 12.5. The smallest absolute Gasteiger partial charge is 0.0181 e. The molecule has 96 valence electrons. The Balaban J connectivity index is 1.83. The van der Waals surface area contributed by atoms with Crippen molar-refractivity contribution in [2.45, 2.75) is 6.42 Å². The Labute approximate surface area is 127 Å². The van der Waals surface area contributed by atoms with E-state index in [2.05, 4.69) is 82.7 Å². The van der Waals surface area contributed by atoms with Crippen LogP contribution < -0.4 is 0 Å². The topological polar surface area (TPSA) is 0 Å². The predicted molar refractivity (Wildman–Crippen MR) is 87.8 cm³/mol. The van der Waals surface area contributed by atoms with E-state index in [0.717, 1.165) is 10.9 Å². The Morgan fingerprint density at radius 1 is 0.650 bits per heavy atom. The van der Waals surface area contributed by atoms with Crippen LogP contribution in [0.1, 0.15) is 11.1 Å². The second-order valence-corrected chi connectivity index (χ2v) is 6.13. The van der Waals surface area contributed by atoms with Crippen LogP contribution >= 0.6 is 15.9 Å². The summed E-state index contributed by atoms with van der Waals surface area (Å²) >= 11 is 3.55. The first kappa shape index (κ1) is 11.9. The molecular weight excluding hydrogens is 308 g/mol. The first-order valence-electron chi connectivity index (χ1n) is 6.78. The van der Waals surface area contributed by atoms with Crippen molar-refractivity contribution in [2.24, 2.45) is 0 Å². The molecule has 20 heavy (non-hydrogen) atoms. The highest BCUT2D eigenvalue weighted by Gasteiger charge is 2.17. The summed E-state index contributed by atoms with van der Waals surface area (Å²) in [6.45, 7) is 0. The van der Waals surface area contributed by atoms with Gasteiger partial charge in [-0.1, -0.05) is 70.5 Å². The molecular formula is C19H13Br. The second kappa shape index (κ2) is 4.60. The first-order chi connectivity index (χ1) is 9.81. The minimum atomic E-state index is 1.05. The third-order valence-corrected chi connectivity index (χ3v) is 4.44. The molecule has 0 unspecified atom stereocenters. The fourth-order valence-electron chi connectivity index (χ4n) is 2.99. The molecule has 0 saturated carbocycles. The van der Waals surface area contributed by atoms with Crippen LogP contribution in [0.2, 0.25) is 0 Å². The highest BCUT2D eigenvalue weighted by Crippen LogP contribution is 2.38. The lowest BCUT2D eigenvalue weighted by Gasteiger charge is -2.06. The number of hydrogen-bond donors (Lipinski definition) is 0. The maximum Gasteiger partial charge on any atom is 0.0181 e. The van der Waals surface area contributed by atoms with E-state index in [9.17, 15) is 0 Å². The number of halogens is 1. The van der Waals surface area contributed by atoms with Crippen LogP contribution in [0.3, 0.4) is 0 Å². The summed E-state index contributed by atoms with van der Waals surface area (Å²) in [6, 6.07) is 24.0. The molecule has 1 heteroatoms. The van der Waals surface area contributed by atoms with Crippen LogP contribution in [0.15, 0.2) is 71.2 Å². The molecule has 0 saturated heterocycles. The fraction of sp³-hybridized carbons (Fsp3) is 0.0526. The lowest BCUT2D eigenvalue weighted by atomic mass is 9.99. The van der Waals surface area contributed by atoms with E-state index in [4.69, 9.17) is 0 Å². The number of fused-ring (bicyclic) bond motifs is 3. The summed E-state index contributed by atoms with van der Waals surface area (Å²) in [6.07, 6.45) is 1.05. The van der Waals surface area contributed by atoms with Gasteiger partial charge in [0, 0.05) is 4.47 Å². The van der Waals surface area contributed by atoms with Gasteiger partial charge in [0.2, 0.25) is 0 Å².